The molecule has 4 aromatic rings. The number of fused-ring (bicyclic) bond motifs is 2. The molecule has 144 valence electrons. The van der Waals surface area contributed by atoms with Gasteiger partial charge in [-0.1, -0.05) is 35.9 Å². The van der Waals surface area contributed by atoms with Crippen LogP contribution < -0.4 is 14.8 Å². The molecule has 0 saturated heterocycles. The van der Waals surface area contributed by atoms with Gasteiger partial charge in [0.15, 0.2) is 17.1 Å². The second-order valence-electron chi connectivity index (χ2n) is 6.47. The Hall–Kier alpha value is -3.58. The molecule has 1 aliphatic rings. The van der Waals surface area contributed by atoms with Crippen LogP contribution in [-0.4, -0.2) is 27.3 Å². The van der Waals surface area contributed by atoms with Crippen LogP contribution in [0.4, 0.5) is 0 Å². The summed E-state index contributed by atoms with van der Waals surface area (Å²) in [6, 6.07) is 14.9. The van der Waals surface area contributed by atoms with Gasteiger partial charge >= 0.3 is 0 Å². The van der Waals surface area contributed by atoms with Crippen molar-refractivity contribution in [1.29, 1.82) is 0 Å². The van der Waals surface area contributed by atoms with Gasteiger partial charge in [-0.2, -0.15) is 5.10 Å². The summed E-state index contributed by atoms with van der Waals surface area (Å²) < 4.78 is 12.3. The normalized spacial score (nSPS) is 12.3. The maximum absolute atomic E-state index is 12.8. The van der Waals surface area contributed by atoms with Crippen molar-refractivity contribution in [2.75, 3.05) is 6.79 Å². The Balaban J connectivity index is 1.41. The number of ether oxygens (including phenoxy) is 2. The van der Waals surface area contributed by atoms with Crippen LogP contribution >= 0.6 is 11.6 Å². The lowest BCUT2D eigenvalue weighted by Crippen LogP contribution is -2.22. The molecule has 0 atom stereocenters. The number of aromatic nitrogens is 3. The first kappa shape index (κ1) is 17.5. The number of benzene rings is 2. The van der Waals surface area contributed by atoms with Gasteiger partial charge in [0.1, 0.15) is 5.56 Å². The molecule has 0 spiro atoms. The number of halogens is 1. The van der Waals surface area contributed by atoms with E-state index < -0.39 is 0 Å². The van der Waals surface area contributed by atoms with Crippen molar-refractivity contribution < 1.29 is 14.3 Å². The topological polar surface area (TPSA) is 77.8 Å². The molecule has 2 aromatic heterocycles. The number of amides is 1. The third kappa shape index (κ3) is 3.15. The molecule has 2 aromatic carbocycles. The van der Waals surface area contributed by atoms with Crippen molar-refractivity contribution in [3.8, 4) is 22.8 Å². The molecule has 0 unspecified atom stereocenters. The van der Waals surface area contributed by atoms with Gasteiger partial charge in [-0.3, -0.25) is 4.79 Å². The van der Waals surface area contributed by atoms with Gasteiger partial charge in [0.05, 0.1) is 11.9 Å². The fourth-order valence-electron chi connectivity index (χ4n) is 3.25. The predicted molar refractivity (Wildman–Crippen MR) is 107 cm³/mol. The van der Waals surface area contributed by atoms with Gasteiger partial charge in [-0.25, -0.2) is 9.50 Å². The van der Waals surface area contributed by atoms with Crippen molar-refractivity contribution in [1.82, 2.24) is 19.9 Å². The number of hydrogen-bond acceptors (Lipinski definition) is 5. The standard InChI is InChI=1S/C21H15ClN4O3/c22-16-4-2-1-3-14(16)17-7-8-23-20-15(11-25-26(17)20)21(27)24-10-13-5-6-18-19(9-13)29-12-28-18/h1-9,11H,10,12H2,(H,24,27). The average Bonchev–Trinajstić information content (AvgIpc) is 3.39. The number of carbonyl (C=O) groups excluding carboxylic acids is 1. The summed E-state index contributed by atoms with van der Waals surface area (Å²) >= 11 is 6.33. The molecule has 0 aliphatic carbocycles. The van der Waals surface area contributed by atoms with E-state index in [1.807, 2.05) is 48.5 Å². The van der Waals surface area contributed by atoms with E-state index in [-0.39, 0.29) is 12.7 Å². The monoisotopic (exact) mass is 406 g/mol. The molecule has 0 radical (unpaired) electrons. The van der Waals surface area contributed by atoms with E-state index in [9.17, 15) is 4.79 Å². The van der Waals surface area contributed by atoms with Crippen molar-refractivity contribution >= 4 is 23.2 Å². The van der Waals surface area contributed by atoms with E-state index in [1.54, 1.807) is 10.7 Å². The Kier molecular flexibility index (Phi) is 4.29. The smallest absolute Gasteiger partial charge is 0.257 e. The predicted octanol–water partition coefficient (Wildman–Crippen LogP) is 3.71. The molecule has 1 aliphatic heterocycles. The van der Waals surface area contributed by atoms with E-state index >= 15 is 0 Å². The van der Waals surface area contributed by atoms with Gasteiger partial charge in [0.2, 0.25) is 6.79 Å². The van der Waals surface area contributed by atoms with Crippen LogP contribution in [0.25, 0.3) is 16.9 Å². The second kappa shape index (κ2) is 7.10. The number of rotatable bonds is 4. The van der Waals surface area contributed by atoms with Crippen LogP contribution in [0.2, 0.25) is 5.02 Å². The highest BCUT2D eigenvalue weighted by Gasteiger charge is 2.18. The highest BCUT2D eigenvalue weighted by molar-refractivity contribution is 6.33. The maximum atomic E-state index is 12.8. The molecule has 8 heteroatoms. The molecule has 0 bridgehead atoms. The first-order valence-electron chi connectivity index (χ1n) is 8.95. The Bertz CT molecular complexity index is 1240. The minimum atomic E-state index is -0.263. The van der Waals surface area contributed by atoms with E-state index in [4.69, 9.17) is 21.1 Å². The first-order valence-corrected chi connectivity index (χ1v) is 9.33. The number of carbonyl (C=O) groups is 1. The maximum Gasteiger partial charge on any atom is 0.257 e. The molecule has 0 fully saturated rings. The van der Waals surface area contributed by atoms with Crippen molar-refractivity contribution in [3.05, 3.63) is 77.1 Å². The molecular weight excluding hydrogens is 392 g/mol. The third-order valence-electron chi connectivity index (χ3n) is 4.69. The quantitative estimate of drug-likeness (QED) is 0.559. The van der Waals surface area contributed by atoms with Crippen LogP contribution in [0, 0.1) is 0 Å². The van der Waals surface area contributed by atoms with E-state index in [1.165, 1.54) is 6.20 Å². The molecule has 1 N–H and O–H groups in total. The SMILES string of the molecule is O=C(NCc1ccc2c(c1)OCO2)c1cnn2c(-c3ccccc3Cl)ccnc12. The van der Waals surface area contributed by atoms with Crippen molar-refractivity contribution in [2.24, 2.45) is 0 Å². The van der Waals surface area contributed by atoms with E-state index in [0.717, 1.165) is 16.8 Å². The lowest BCUT2D eigenvalue weighted by atomic mass is 10.1. The van der Waals surface area contributed by atoms with Gasteiger partial charge in [0, 0.05) is 23.3 Å². The Labute approximate surface area is 170 Å². The first-order chi connectivity index (χ1) is 14.2. The lowest BCUT2D eigenvalue weighted by molar-refractivity contribution is 0.0952. The zero-order valence-corrected chi connectivity index (χ0v) is 15.9. The Morgan fingerprint density at radius 3 is 2.90 bits per heavy atom. The van der Waals surface area contributed by atoms with Crippen LogP contribution in [0.1, 0.15) is 15.9 Å². The summed E-state index contributed by atoms with van der Waals surface area (Å²) in [5.74, 6) is 1.12. The van der Waals surface area contributed by atoms with Crippen LogP contribution in [0.5, 0.6) is 11.5 Å². The largest absolute Gasteiger partial charge is 0.454 e. The van der Waals surface area contributed by atoms with Crippen molar-refractivity contribution in [3.63, 3.8) is 0 Å². The summed E-state index contributed by atoms with van der Waals surface area (Å²) in [5.41, 5.74) is 3.33. The van der Waals surface area contributed by atoms with Crippen molar-refractivity contribution in [2.45, 2.75) is 6.54 Å². The zero-order valence-electron chi connectivity index (χ0n) is 15.1. The fourth-order valence-corrected chi connectivity index (χ4v) is 3.49. The fraction of sp³-hybridized carbons (Fsp3) is 0.0952. The molecule has 3 heterocycles. The molecular formula is C21H15ClN4O3. The summed E-state index contributed by atoms with van der Waals surface area (Å²) in [7, 11) is 0. The van der Waals surface area contributed by atoms with Crippen LogP contribution in [0.15, 0.2) is 60.9 Å². The number of nitrogens with one attached hydrogen (secondary N) is 1. The molecule has 7 nitrogen and oxygen atoms in total. The summed E-state index contributed by atoms with van der Waals surface area (Å²) in [6.07, 6.45) is 3.15. The minimum absolute atomic E-state index is 0.215. The van der Waals surface area contributed by atoms with E-state index in [0.29, 0.717) is 34.3 Å². The molecule has 1 amide bonds. The molecule has 5 rings (SSSR count). The Morgan fingerprint density at radius 1 is 1.14 bits per heavy atom. The third-order valence-corrected chi connectivity index (χ3v) is 5.02. The van der Waals surface area contributed by atoms with Gasteiger partial charge in [0.25, 0.3) is 5.91 Å². The average molecular weight is 407 g/mol. The Morgan fingerprint density at radius 2 is 2.00 bits per heavy atom. The molecule has 0 saturated carbocycles. The highest BCUT2D eigenvalue weighted by Crippen LogP contribution is 2.32. The van der Waals surface area contributed by atoms with Crippen LogP contribution in [-0.2, 0) is 6.54 Å². The summed E-state index contributed by atoms with van der Waals surface area (Å²) in [4.78, 5) is 17.1. The minimum Gasteiger partial charge on any atom is -0.454 e. The molecule has 29 heavy (non-hydrogen) atoms. The van der Waals surface area contributed by atoms with Gasteiger partial charge in [-0.05, 0) is 29.8 Å². The summed E-state index contributed by atoms with van der Waals surface area (Å²) in [5, 5.41) is 7.86. The van der Waals surface area contributed by atoms with Crippen LogP contribution in [0.3, 0.4) is 0 Å². The highest BCUT2D eigenvalue weighted by atomic mass is 35.5. The number of nitrogens with zero attached hydrogens (tertiary/aromatic N) is 3. The van der Waals surface area contributed by atoms with Gasteiger partial charge in [-0.15, -0.1) is 0 Å². The lowest BCUT2D eigenvalue weighted by Gasteiger charge is -2.07. The summed E-state index contributed by atoms with van der Waals surface area (Å²) in [6.45, 7) is 0.560. The van der Waals surface area contributed by atoms with E-state index in [2.05, 4.69) is 15.4 Å². The number of hydrogen-bond donors (Lipinski definition) is 1. The zero-order chi connectivity index (χ0) is 19.8. The second-order valence-corrected chi connectivity index (χ2v) is 6.88. The van der Waals surface area contributed by atoms with Gasteiger partial charge < -0.3 is 14.8 Å².